The van der Waals surface area contributed by atoms with Crippen molar-refractivity contribution < 1.29 is 33.2 Å². The molecule has 39 heavy (non-hydrogen) atoms. The van der Waals surface area contributed by atoms with Gasteiger partial charge in [-0.15, -0.1) is 0 Å². The van der Waals surface area contributed by atoms with Crippen molar-refractivity contribution in [3.8, 4) is 5.75 Å². The van der Waals surface area contributed by atoms with Crippen LogP contribution in [0, 0.1) is 0 Å². The molecule has 3 aromatic rings. The normalized spacial score (nSPS) is 22.8. The topological polar surface area (TPSA) is 84.5 Å². The number of nitrogens with one attached hydrogen (secondary N) is 1. The zero-order valence-electron chi connectivity index (χ0n) is 22.7. The fraction of sp³-hybridized carbons (Fsp3) is 0.387. The molecule has 3 aromatic carbocycles. The Balaban J connectivity index is 1.54. The summed E-state index contributed by atoms with van der Waals surface area (Å²) in [5, 5.41) is 2.96. The molecule has 1 aliphatic heterocycles. The van der Waals surface area contributed by atoms with Crippen LogP contribution in [0.4, 0.5) is 0 Å². The van der Waals surface area contributed by atoms with Crippen molar-refractivity contribution in [3.63, 3.8) is 0 Å². The van der Waals surface area contributed by atoms with Crippen molar-refractivity contribution in [2.75, 3.05) is 20.8 Å². The Labute approximate surface area is 230 Å². The highest BCUT2D eigenvalue weighted by molar-refractivity contribution is 5.73. The average molecular weight is 536 g/mol. The first-order valence-electron chi connectivity index (χ1n) is 13.0. The van der Waals surface area contributed by atoms with Gasteiger partial charge in [-0.05, 0) is 28.8 Å². The van der Waals surface area contributed by atoms with Gasteiger partial charge in [-0.3, -0.25) is 4.79 Å². The molecule has 1 aliphatic rings. The maximum Gasteiger partial charge on any atom is 0.217 e. The molecule has 0 aliphatic carbocycles. The van der Waals surface area contributed by atoms with Crippen molar-refractivity contribution in [1.29, 1.82) is 0 Å². The van der Waals surface area contributed by atoms with Crippen molar-refractivity contribution in [2.24, 2.45) is 0 Å². The van der Waals surface area contributed by atoms with E-state index in [4.69, 9.17) is 28.4 Å². The van der Waals surface area contributed by atoms with E-state index in [0.717, 1.165) is 22.4 Å². The van der Waals surface area contributed by atoms with Gasteiger partial charge >= 0.3 is 0 Å². The van der Waals surface area contributed by atoms with Gasteiger partial charge in [-0.2, -0.15) is 0 Å². The molecule has 208 valence electrons. The smallest absolute Gasteiger partial charge is 0.217 e. The summed E-state index contributed by atoms with van der Waals surface area (Å²) >= 11 is 0. The highest BCUT2D eigenvalue weighted by Gasteiger charge is 2.48. The van der Waals surface area contributed by atoms with E-state index in [1.54, 1.807) is 14.2 Å². The fourth-order valence-electron chi connectivity index (χ4n) is 4.58. The largest absolute Gasteiger partial charge is 0.497 e. The van der Waals surface area contributed by atoms with Crippen LogP contribution in [0.25, 0.3) is 0 Å². The van der Waals surface area contributed by atoms with E-state index in [1.807, 2.05) is 84.9 Å². The summed E-state index contributed by atoms with van der Waals surface area (Å²) in [5.41, 5.74) is 3.03. The fourth-order valence-corrected chi connectivity index (χ4v) is 4.58. The number of carbonyl (C=O) groups excluding carboxylic acids is 1. The molecule has 1 amide bonds. The Morgan fingerprint density at radius 1 is 0.769 bits per heavy atom. The quantitative estimate of drug-likeness (QED) is 0.350. The minimum Gasteiger partial charge on any atom is -0.497 e. The molecule has 1 N–H and O–H groups in total. The second-order valence-electron chi connectivity index (χ2n) is 9.39. The number of amides is 1. The van der Waals surface area contributed by atoms with Crippen LogP contribution < -0.4 is 10.1 Å². The molecule has 0 radical (unpaired) electrons. The van der Waals surface area contributed by atoms with Gasteiger partial charge in [0, 0.05) is 14.0 Å². The molecule has 8 heteroatoms. The summed E-state index contributed by atoms with van der Waals surface area (Å²) in [5.74, 6) is 0.573. The number of carbonyl (C=O) groups is 1. The molecule has 0 unspecified atom stereocenters. The maximum absolute atomic E-state index is 12.2. The SMILES string of the molecule is COc1ccc(COC[C@H]2O[C@H](OC)[C@H](NC(C)=O)[C@@H](OCc3ccccc3)[C@@H]2OCc2ccccc2)cc1. The van der Waals surface area contributed by atoms with Crippen LogP contribution in [-0.4, -0.2) is 57.4 Å². The van der Waals surface area contributed by atoms with Gasteiger partial charge in [0.05, 0.1) is 33.5 Å². The van der Waals surface area contributed by atoms with Gasteiger partial charge in [-0.25, -0.2) is 0 Å². The standard InChI is InChI=1S/C31H37NO7/c1-22(33)32-28-30(38-20-24-12-8-5-9-13-24)29(37-19-23-10-6-4-7-11-23)27(39-31(28)35-3)21-36-18-25-14-16-26(34-2)17-15-25/h4-17,27-31H,18-21H2,1-3H3,(H,32,33)/t27-,28-,29-,30-,31+/m1/s1. The van der Waals surface area contributed by atoms with E-state index in [1.165, 1.54) is 6.92 Å². The Morgan fingerprint density at radius 2 is 1.33 bits per heavy atom. The zero-order chi connectivity index (χ0) is 27.5. The monoisotopic (exact) mass is 535 g/mol. The van der Waals surface area contributed by atoms with Crippen LogP contribution in [0.15, 0.2) is 84.9 Å². The van der Waals surface area contributed by atoms with Crippen LogP contribution in [-0.2, 0) is 48.3 Å². The average Bonchev–Trinajstić information content (AvgIpc) is 2.97. The minimum absolute atomic E-state index is 0.213. The van der Waals surface area contributed by atoms with Crippen molar-refractivity contribution in [1.82, 2.24) is 5.32 Å². The van der Waals surface area contributed by atoms with Crippen molar-refractivity contribution in [2.45, 2.75) is 57.4 Å². The third-order valence-electron chi connectivity index (χ3n) is 6.53. The third kappa shape index (κ3) is 8.36. The summed E-state index contributed by atoms with van der Waals surface area (Å²) in [7, 11) is 3.19. The number of benzene rings is 3. The lowest BCUT2D eigenvalue weighted by Crippen LogP contribution is -2.65. The number of hydrogen-bond acceptors (Lipinski definition) is 7. The number of methoxy groups -OCH3 is 2. The first-order valence-corrected chi connectivity index (χ1v) is 13.0. The molecular weight excluding hydrogens is 498 g/mol. The van der Waals surface area contributed by atoms with Crippen LogP contribution in [0.3, 0.4) is 0 Å². The lowest BCUT2D eigenvalue weighted by Gasteiger charge is -2.45. The second kappa shape index (κ2) is 14.8. The molecule has 1 saturated heterocycles. The highest BCUT2D eigenvalue weighted by Crippen LogP contribution is 2.29. The molecule has 5 atom stereocenters. The Morgan fingerprint density at radius 3 is 1.87 bits per heavy atom. The predicted octanol–water partition coefficient (Wildman–Crippen LogP) is 4.26. The van der Waals surface area contributed by atoms with E-state index in [-0.39, 0.29) is 12.5 Å². The van der Waals surface area contributed by atoms with Crippen LogP contribution in [0.1, 0.15) is 23.6 Å². The summed E-state index contributed by atoms with van der Waals surface area (Å²) < 4.78 is 36.3. The van der Waals surface area contributed by atoms with E-state index >= 15 is 0 Å². The summed E-state index contributed by atoms with van der Waals surface area (Å²) in [6.07, 6.45) is -2.37. The summed E-state index contributed by atoms with van der Waals surface area (Å²) in [6.45, 7) is 2.77. The first-order chi connectivity index (χ1) is 19.1. The minimum atomic E-state index is -0.749. The summed E-state index contributed by atoms with van der Waals surface area (Å²) in [6, 6.07) is 26.9. The summed E-state index contributed by atoms with van der Waals surface area (Å²) in [4.78, 5) is 12.2. The van der Waals surface area contributed by atoms with Crippen LogP contribution >= 0.6 is 0 Å². The Hall–Kier alpha value is -3.27. The molecule has 0 spiro atoms. The predicted molar refractivity (Wildman–Crippen MR) is 146 cm³/mol. The number of rotatable bonds is 13. The molecule has 0 aromatic heterocycles. The maximum atomic E-state index is 12.2. The second-order valence-corrected chi connectivity index (χ2v) is 9.39. The van der Waals surface area contributed by atoms with Crippen molar-refractivity contribution >= 4 is 5.91 Å². The lowest BCUT2D eigenvalue weighted by atomic mass is 9.96. The van der Waals surface area contributed by atoms with E-state index in [2.05, 4.69) is 5.32 Å². The van der Waals surface area contributed by atoms with E-state index in [9.17, 15) is 4.79 Å². The number of ether oxygens (including phenoxy) is 6. The van der Waals surface area contributed by atoms with Gasteiger partial charge in [-0.1, -0.05) is 72.8 Å². The van der Waals surface area contributed by atoms with Gasteiger partial charge < -0.3 is 33.7 Å². The molecule has 0 bridgehead atoms. The van der Waals surface area contributed by atoms with Crippen molar-refractivity contribution in [3.05, 3.63) is 102 Å². The molecule has 1 heterocycles. The molecule has 4 rings (SSSR count). The van der Waals surface area contributed by atoms with Crippen LogP contribution in [0.5, 0.6) is 5.75 Å². The first kappa shape index (κ1) is 28.7. The van der Waals surface area contributed by atoms with Crippen LogP contribution in [0.2, 0.25) is 0 Å². The van der Waals surface area contributed by atoms with Gasteiger partial charge in [0.15, 0.2) is 6.29 Å². The Kier molecular flexibility index (Phi) is 10.9. The van der Waals surface area contributed by atoms with Gasteiger partial charge in [0.25, 0.3) is 0 Å². The zero-order valence-corrected chi connectivity index (χ0v) is 22.7. The molecular formula is C31H37NO7. The van der Waals surface area contributed by atoms with E-state index < -0.39 is 30.6 Å². The number of hydrogen-bond donors (Lipinski definition) is 1. The van der Waals surface area contributed by atoms with E-state index in [0.29, 0.717) is 19.8 Å². The molecule has 8 nitrogen and oxygen atoms in total. The highest BCUT2D eigenvalue weighted by atomic mass is 16.7. The Bertz CT molecular complexity index is 1130. The molecule has 0 saturated carbocycles. The molecule has 1 fully saturated rings. The van der Waals surface area contributed by atoms with Gasteiger partial charge in [0.1, 0.15) is 30.1 Å². The third-order valence-corrected chi connectivity index (χ3v) is 6.53. The lowest BCUT2D eigenvalue weighted by molar-refractivity contribution is -0.284. The van der Waals surface area contributed by atoms with Gasteiger partial charge in [0.2, 0.25) is 5.91 Å².